The number of hydrogen-bond donors (Lipinski definition) is 2. The third kappa shape index (κ3) is 5.98. The summed E-state index contributed by atoms with van der Waals surface area (Å²) in [6.07, 6.45) is 0.859. The zero-order valence-corrected chi connectivity index (χ0v) is 16.4. The predicted molar refractivity (Wildman–Crippen MR) is 106 cm³/mol. The molecule has 6 heteroatoms. The number of halogens is 1. The van der Waals surface area contributed by atoms with Crippen LogP contribution in [0.2, 0.25) is 0 Å². The Kier molecular flexibility index (Phi) is 7.60. The number of ether oxygens (including phenoxy) is 2. The van der Waals surface area contributed by atoms with Crippen molar-refractivity contribution in [2.24, 2.45) is 4.99 Å². The lowest BCUT2D eigenvalue weighted by Crippen LogP contribution is -2.37. The molecule has 0 saturated carbocycles. The zero-order chi connectivity index (χ0) is 18.1. The van der Waals surface area contributed by atoms with Crippen LogP contribution in [0.5, 0.6) is 11.5 Å². The highest BCUT2D eigenvalue weighted by atomic mass is 79.9. The van der Waals surface area contributed by atoms with E-state index in [-0.39, 0.29) is 0 Å². The molecule has 0 radical (unpaired) electrons. The van der Waals surface area contributed by atoms with Gasteiger partial charge in [-0.2, -0.15) is 0 Å². The number of nitrogens with one attached hydrogen (secondary N) is 2. The first-order valence-corrected chi connectivity index (χ1v) is 8.85. The van der Waals surface area contributed by atoms with E-state index in [9.17, 15) is 0 Å². The second-order valence-electron chi connectivity index (χ2n) is 5.42. The van der Waals surface area contributed by atoms with Crippen LogP contribution < -0.4 is 20.1 Å². The smallest absolute Gasteiger partial charge is 0.191 e. The Morgan fingerprint density at radius 3 is 2.48 bits per heavy atom. The van der Waals surface area contributed by atoms with Crippen molar-refractivity contribution >= 4 is 21.9 Å². The number of aliphatic imine (C=N–C) groups is 1. The standard InChI is InChI=1S/C19H24BrN3O2/c1-21-19(23-13-15-5-4-6-16(20)11-15)22-10-9-14-7-8-17(24-2)18(12-14)25-3/h4-8,11-12H,9-10,13H2,1-3H3,(H2,21,22,23). The molecule has 0 heterocycles. The lowest BCUT2D eigenvalue weighted by Gasteiger charge is -2.13. The first-order valence-electron chi connectivity index (χ1n) is 8.06. The van der Waals surface area contributed by atoms with Gasteiger partial charge in [0.05, 0.1) is 14.2 Å². The molecule has 2 aromatic rings. The van der Waals surface area contributed by atoms with Crippen LogP contribution in [0.4, 0.5) is 0 Å². The van der Waals surface area contributed by atoms with Gasteiger partial charge in [-0.05, 0) is 41.8 Å². The molecule has 0 fully saturated rings. The molecule has 0 bridgehead atoms. The Balaban J connectivity index is 1.83. The highest BCUT2D eigenvalue weighted by Gasteiger charge is 2.05. The van der Waals surface area contributed by atoms with Crippen molar-refractivity contribution in [2.45, 2.75) is 13.0 Å². The number of guanidine groups is 1. The number of nitrogens with zero attached hydrogens (tertiary/aromatic N) is 1. The van der Waals surface area contributed by atoms with E-state index in [0.29, 0.717) is 0 Å². The summed E-state index contributed by atoms with van der Waals surface area (Å²) in [6, 6.07) is 14.2. The van der Waals surface area contributed by atoms with Crippen LogP contribution in [-0.2, 0) is 13.0 Å². The van der Waals surface area contributed by atoms with Crippen LogP contribution >= 0.6 is 15.9 Å². The van der Waals surface area contributed by atoms with E-state index in [4.69, 9.17) is 9.47 Å². The Labute approximate surface area is 157 Å². The van der Waals surface area contributed by atoms with Crippen LogP contribution in [-0.4, -0.2) is 33.8 Å². The fourth-order valence-electron chi connectivity index (χ4n) is 2.41. The molecule has 0 aromatic heterocycles. The van der Waals surface area contributed by atoms with Crippen molar-refractivity contribution < 1.29 is 9.47 Å². The molecule has 2 rings (SSSR count). The van der Waals surface area contributed by atoms with Crippen LogP contribution in [0, 0.1) is 0 Å². The first-order chi connectivity index (χ1) is 12.2. The minimum Gasteiger partial charge on any atom is -0.493 e. The summed E-state index contributed by atoms with van der Waals surface area (Å²) < 4.78 is 11.7. The maximum absolute atomic E-state index is 5.34. The Morgan fingerprint density at radius 2 is 1.80 bits per heavy atom. The summed E-state index contributed by atoms with van der Waals surface area (Å²) in [5.74, 6) is 2.27. The van der Waals surface area contributed by atoms with Crippen molar-refractivity contribution in [1.82, 2.24) is 10.6 Å². The summed E-state index contributed by atoms with van der Waals surface area (Å²) in [5.41, 5.74) is 2.37. The first kappa shape index (κ1) is 19.1. The molecule has 2 N–H and O–H groups in total. The van der Waals surface area contributed by atoms with Gasteiger partial charge in [-0.3, -0.25) is 4.99 Å². The van der Waals surface area contributed by atoms with Gasteiger partial charge in [-0.15, -0.1) is 0 Å². The van der Waals surface area contributed by atoms with Crippen LogP contribution in [0.3, 0.4) is 0 Å². The third-order valence-corrected chi connectivity index (χ3v) is 4.22. The summed E-state index contributed by atoms with van der Waals surface area (Å²) in [4.78, 5) is 4.26. The number of rotatable bonds is 7. The van der Waals surface area contributed by atoms with Gasteiger partial charge in [0.15, 0.2) is 17.5 Å². The molecular formula is C19H24BrN3O2. The molecule has 2 aromatic carbocycles. The number of benzene rings is 2. The van der Waals surface area contributed by atoms with Gasteiger partial charge in [0.25, 0.3) is 0 Å². The third-order valence-electron chi connectivity index (χ3n) is 3.73. The van der Waals surface area contributed by atoms with Crippen molar-refractivity contribution in [3.8, 4) is 11.5 Å². The van der Waals surface area contributed by atoms with Gasteiger partial charge < -0.3 is 20.1 Å². The highest BCUT2D eigenvalue weighted by Crippen LogP contribution is 2.27. The number of methoxy groups -OCH3 is 2. The van der Waals surface area contributed by atoms with Crippen LogP contribution in [0.1, 0.15) is 11.1 Å². The Hall–Kier alpha value is -2.21. The normalized spacial score (nSPS) is 11.1. The van der Waals surface area contributed by atoms with E-state index in [1.165, 1.54) is 11.1 Å². The minimum absolute atomic E-state index is 0.718. The summed E-state index contributed by atoms with van der Waals surface area (Å²) in [7, 11) is 5.06. The molecule has 25 heavy (non-hydrogen) atoms. The zero-order valence-electron chi connectivity index (χ0n) is 14.8. The molecule has 0 unspecified atom stereocenters. The van der Waals surface area contributed by atoms with Gasteiger partial charge in [-0.25, -0.2) is 0 Å². The van der Waals surface area contributed by atoms with E-state index in [1.54, 1.807) is 21.3 Å². The van der Waals surface area contributed by atoms with Gasteiger partial charge >= 0.3 is 0 Å². The van der Waals surface area contributed by atoms with Crippen molar-refractivity contribution in [1.29, 1.82) is 0 Å². The lowest BCUT2D eigenvalue weighted by atomic mass is 10.1. The monoisotopic (exact) mass is 405 g/mol. The SMILES string of the molecule is CN=C(NCCc1ccc(OC)c(OC)c1)NCc1cccc(Br)c1. The summed E-state index contributed by atoms with van der Waals surface area (Å²) >= 11 is 3.48. The average molecular weight is 406 g/mol. The summed E-state index contributed by atoms with van der Waals surface area (Å²) in [5, 5.41) is 6.64. The molecule has 0 spiro atoms. The second-order valence-corrected chi connectivity index (χ2v) is 6.34. The van der Waals surface area contributed by atoms with Crippen molar-refractivity contribution in [2.75, 3.05) is 27.8 Å². The van der Waals surface area contributed by atoms with E-state index < -0.39 is 0 Å². The Bertz CT molecular complexity index is 720. The fourth-order valence-corrected chi connectivity index (χ4v) is 2.86. The molecule has 5 nitrogen and oxygen atoms in total. The predicted octanol–water partition coefficient (Wildman–Crippen LogP) is 3.37. The molecule has 0 aliphatic rings. The topological polar surface area (TPSA) is 54.9 Å². The lowest BCUT2D eigenvalue weighted by molar-refractivity contribution is 0.354. The van der Waals surface area contributed by atoms with Crippen molar-refractivity contribution in [3.63, 3.8) is 0 Å². The fraction of sp³-hybridized carbons (Fsp3) is 0.316. The maximum atomic E-state index is 5.34. The van der Waals surface area contributed by atoms with E-state index in [1.807, 2.05) is 30.3 Å². The van der Waals surface area contributed by atoms with E-state index in [2.05, 4.69) is 43.7 Å². The molecule has 0 saturated heterocycles. The maximum Gasteiger partial charge on any atom is 0.191 e. The van der Waals surface area contributed by atoms with Gasteiger partial charge in [0, 0.05) is 24.6 Å². The summed E-state index contributed by atoms with van der Waals surface area (Å²) in [6.45, 7) is 1.49. The Morgan fingerprint density at radius 1 is 1.00 bits per heavy atom. The van der Waals surface area contributed by atoms with Gasteiger partial charge in [0.1, 0.15) is 0 Å². The minimum atomic E-state index is 0.718. The second kappa shape index (κ2) is 9.93. The van der Waals surface area contributed by atoms with Crippen LogP contribution in [0.15, 0.2) is 51.9 Å². The van der Waals surface area contributed by atoms with Gasteiger partial charge in [0.2, 0.25) is 0 Å². The molecular weight excluding hydrogens is 382 g/mol. The molecule has 0 aliphatic carbocycles. The molecule has 0 amide bonds. The van der Waals surface area contributed by atoms with E-state index >= 15 is 0 Å². The highest BCUT2D eigenvalue weighted by molar-refractivity contribution is 9.10. The van der Waals surface area contributed by atoms with Crippen LogP contribution in [0.25, 0.3) is 0 Å². The molecule has 0 atom stereocenters. The largest absolute Gasteiger partial charge is 0.493 e. The quantitative estimate of drug-likeness (QED) is 0.547. The van der Waals surface area contributed by atoms with Crippen molar-refractivity contribution in [3.05, 3.63) is 58.1 Å². The van der Waals surface area contributed by atoms with Gasteiger partial charge in [-0.1, -0.05) is 34.1 Å². The van der Waals surface area contributed by atoms with E-state index in [0.717, 1.165) is 41.4 Å². The number of hydrogen-bond acceptors (Lipinski definition) is 3. The average Bonchev–Trinajstić information content (AvgIpc) is 2.64. The molecule has 134 valence electrons. The molecule has 0 aliphatic heterocycles.